The molecule has 0 bridgehead atoms. The summed E-state index contributed by atoms with van der Waals surface area (Å²) in [4.78, 5) is 33.8. The number of amides is 2. The van der Waals surface area contributed by atoms with Gasteiger partial charge in [0.2, 0.25) is 5.91 Å². The molecule has 1 aliphatic heterocycles. The van der Waals surface area contributed by atoms with Crippen LogP contribution in [0.3, 0.4) is 0 Å². The lowest BCUT2D eigenvalue weighted by atomic mass is 10.2. The fourth-order valence-corrected chi connectivity index (χ4v) is 5.36. The Bertz CT molecular complexity index is 1340. The summed E-state index contributed by atoms with van der Waals surface area (Å²) in [7, 11) is 0. The number of nitrogens with zero attached hydrogens (tertiary/aromatic N) is 4. The molecule has 1 aliphatic rings. The van der Waals surface area contributed by atoms with Crippen molar-refractivity contribution in [3.63, 3.8) is 0 Å². The highest BCUT2D eigenvalue weighted by Gasteiger charge is 2.27. The van der Waals surface area contributed by atoms with Crippen molar-refractivity contribution in [2.24, 2.45) is 0 Å². The van der Waals surface area contributed by atoms with E-state index < -0.39 is 0 Å². The van der Waals surface area contributed by atoms with Gasteiger partial charge in [0, 0.05) is 56.3 Å². The number of rotatable bonds is 5. The molecule has 4 aromatic rings. The zero-order chi connectivity index (χ0) is 24.4. The van der Waals surface area contributed by atoms with E-state index in [1.165, 1.54) is 5.56 Å². The molecule has 0 radical (unpaired) electrons. The van der Waals surface area contributed by atoms with Crippen LogP contribution in [0.25, 0.3) is 22.0 Å². The van der Waals surface area contributed by atoms with E-state index in [9.17, 15) is 9.59 Å². The van der Waals surface area contributed by atoms with Gasteiger partial charge < -0.3 is 14.4 Å². The number of carbonyl (C=O) groups is 2. The highest BCUT2D eigenvalue weighted by Crippen LogP contribution is 2.32. The molecular formula is C28H28N4O2S. The minimum absolute atomic E-state index is 0.0114. The Labute approximate surface area is 209 Å². The van der Waals surface area contributed by atoms with Gasteiger partial charge in [0.05, 0.1) is 17.0 Å². The SMILES string of the molecule is CC(=O)N1CCN(C(=O)c2cc(-c3csc(-c4ccccc4)n3)n(Cc3ccccc3)c2C)CC1. The maximum atomic E-state index is 13.6. The minimum atomic E-state index is 0.0114. The first-order valence-electron chi connectivity index (χ1n) is 11.8. The van der Waals surface area contributed by atoms with Crippen LogP contribution in [-0.4, -0.2) is 57.3 Å². The Morgan fingerprint density at radius 1 is 0.914 bits per heavy atom. The van der Waals surface area contributed by atoms with Crippen LogP contribution in [0.4, 0.5) is 0 Å². The topological polar surface area (TPSA) is 58.4 Å². The minimum Gasteiger partial charge on any atom is -0.339 e. The van der Waals surface area contributed by atoms with Crippen LogP contribution in [-0.2, 0) is 11.3 Å². The summed E-state index contributed by atoms with van der Waals surface area (Å²) in [5, 5.41) is 3.03. The highest BCUT2D eigenvalue weighted by atomic mass is 32.1. The molecule has 3 heterocycles. The third-order valence-corrected chi connectivity index (χ3v) is 7.47. The van der Waals surface area contributed by atoms with Crippen LogP contribution in [0, 0.1) is 6.92 Å². The highest BCUT2D eigenvalue weighted by molar-refractivity contribution is 7.13. The number of benzene rings is 2. The zero-order valence-corrected chi connectivity index (χ0v) is 20.8. The van der Waals surface area contributed by atoms with E-state index in [1.54, 1.807) is 23.2 Å². The van der Waals surface area contributed by atoms with E-state index in [-0.39, 0.29) is 11.8 Å². The molecule has 1 saturated heterocycles. The molecule has 2 amide bonds. The average molecular weight is 485 g/mol. The van der Waals surface area contributed by atoms with Crippen molar-refractivity contribution in [2.45, 2.75) is 20.4 Å². The second-order valence-electron chi connectivity index (χ2n) is 8.80. The zero-order valence-electron chi connectivity index (χ0n) is 20.0. The van der Waals surface area contributed by atoms with E-state index in [0.717, 1.165) is 27.7 Å². The summed E-state index contributed by atoms with van der Waals surface area (Å²) < 4.78 is 2.19. The number of aromatic nitrogens is 2. The molecule has 5 rings (SSSR count). The molecule has 178 valence electrons. The van der Waals surface area contributed by atoms with Gasteiger partial charge in [0.15, 0.2) is 0 Å². The van der Waals surface area contributed by atoms with Crippen molar-refractivity contribution < 1.29 is 9.59 Å². The molecular weight excluding hydrogens is 456 g/mol. The Hall–Kier alpha value is -3.71. The fourth-order valence-electron chi connectivity index (χ4n) is 4.54. The van der Waals surface area contributed by atoms with Crippen molar-refractivity contribution >= 4 is 23.2 Å². The van der Waals surface area contributed by atoms with Gasteiger partial charge in [-0.05, 0) is 18.6 Å². The van der Waals surface area contributed by atoms with Gasteiger partial charge in [0.1, 0.15) is 5.01 Å². The van der Waals surface area contributed by atoms with E-state index in [0.29, 0.717) is 38.3 Å². The number of carbonyl (C=O) groups excluding carboxylic acids is 2. The molecule has 0 atom stereocenters. The summed E-state index contributed by atoms with van der Waals surface area (Å²) in [5.41, 5.74) is 5.68. The molecule has 0 aliphatic carbocycles. The summed E-state index contributed by atoms with van der Waals surface area (Å²) >= 11 is 1.61. The molecule has 0 unspecified atom stereocenters. The summed E-state index contributed by atoms with van der Waals surface area (Å²) in [6.07, 6.45) is 0. The molecule has 0 spiro atoms. The quantitative estimate of drug-likeness (QED) is 0.403. The van der Waals surface area contributed by atoms with Gasteiger partial charge in [-0.1, -0.05) is 60.7 Å². The van der Waals surface area contributed by atoms with Crippen molar-refractivity contribution in [1.29, 1.82) is 0 Å². The maximum absolute atomic E-state index is 13.6. The molecule has 2 aromatic carbocycles. The van der Waals surface area contributed by atoms with E-state index in [2.05, 4.69) is 34.2 Å². The molecule has 6 nitrogen and oxygen atoms in total. The van der Waals surface area contributed by atoms with Gasteiger partial charge >= 0.3 is 0 Å². The monoisotopic (exact) mass is 484 g/mol. The van der Waals surface area contributed by atoms with Crippen molar-refractivity contribution in [1.82, 2.24) is 19.4 Å². The van der Waals surface area contributed by atoms with Crippen molar-refractivity contribution in [2.75, 3.05) is 26.2 Å². The first-order chi connectivity index (χ1) is 17.0. The predicted octanol–water partition coefficient (Wildman–Crippen LogP) is 4.94. The van der Waals surface area contributed by atoms with Crippen LogP contribution in [0.2, 0.25) is 0 Å². The summed E-state index contributed by atoms with van der Waals surface area (Å²) in [6.45, 7) is 6.49. The Morgan fingerprint density at radius 3 is 2.20 bits per heavy atom. The first-order valence-corrected chi connectivity index (χ1v) is 12.7. The van der Waals surface area contributed by atoms with Gasteiger partial charge in [-0.2, -0.15) is 0 Å². The van der Waals surface area contributed by atoms with Crippen LogP contribution in [0.15, 0.2) is 72.1 Å². The largest absolute Gasteiger partial charge is 0.339 e. The first kappa shape index (κ1) is 23.1. The number of piperazine rings is 1. The van der Waals surface area contributed by atoms with Gasteiger partial charge in [-0.3, -0.25) is 9.59 Å². The second kappa shape index (κ2) is 9.88. The lowest BCUT2D eigenvalue weighted by Gasteiger charge is -2.34. The van der Waals surface area contributed by atoms with Crippen LogP contribution in [0.1, 0.15) is 28.5 Å². The number of hydrogen-bond donors (Lipinski definition) is 0. The molecule has 0 N–H and O–H groups in total. The number of hydrogen-bond acceptors (Lipinski definition) is 4. The normalized spacial score (nSPS) is 13.8. The Kier molecular flexibility index (Phi) is 6.51. The maximum Gasteiger partial charge on any atom is 0.255 e. The van der Waals surface area contributed by atoms with E-state index >= 15 is 0 Å². The third kappa shape index (κ3) is 4.77. The Balaban J connectivity index is 1.50. The van der Waals surface area contributed by atoms with Crippen molar-refractivity contribution in [3.05, 3.63) is 88.9 Å². The summed E-state index contributed by atoms with van der Waals surface area (Å²) in [5.74, 6) is 0.0691. The van der Waals surface area contributed by atoms with E-state index in [4.69, 9.17) is 4.98 Å². The lowest BCUT2D eigenvalue weighted by Crippen LogP contribution is -2.50. The van der Waals surface area contributed by atoms with E-state index in [1.807, 2.05) is 54.3 Å². The predicted molar refractivity (Wildman–Crippen MR) is 139 cm³/mol. The standard InChI is InChI=1S/C28H28N4O2S/c1-20-24(28(34)31-15-13-30(14-16-31)21(2)33)17-26(32(20)18-22-9-5-3-6-10-22)25-19-35-27(29-25)23-11-7-4-8-12-23/h3-12,17,19H,13-16,18H2,1-2H3. The third-order valence-electron chi connectivity index (χ3n) is 6.58. The molecule has 2 aromatic heterocycles. The van der Waals surface area contributed by atoms with Gasteiger partial charge in [0.25, 0.3) is 5.91 Å². The van der Waals surface area contributed by atoms with Crippen LogP contribution in [0.5, 0.6) is 0 Å². The summed E-state index contributed by atoms with van der Waals surface area (Å²) in [6, 6.07) is 22.4. The van der Waals surface area contributed by atoms with Gasteiger partial charge in [-0.15, -0.1) is 11.3 Å². The van der Waals surface area contributed by atoms with Gasteiger partial charge in [-0.25, -0.2) is 4.98 Å². The Morgan fingerprint density at radius 2 is 1.54 bits per heavy atom. The molecule has 7 heteroatoms. The molecule has 35 heavy (non-hydrogen) atoms. The fraction of sp³-hybridized carbons (Fsp3) is 0.250. The smallest absolute Gasteiger partial charge is 0.255 e. The number of thiazole rings is 1. The molecule has 1 fully saturated rings. The van der Waals surface area contributed by atoms with Crippen molar-refractivity contribution in [3.8, 4) is 22.0 Å². The van der Waals surface area contributed by atoms with Crippen LogP contribution < -0.4 is 0 Å². The van der Waals surface area contributed by atoms with Crippen LogP contribution >= 0.6 is 11.3 Å². The molecule has 0 saturated carbocycles. The lowest BCUT2D eigenvalue weighted by molar-refractivity contribution is -0.130. The average Bonchev–Trinajstić information content (AvgIpc) is 3.50. The second-order valence-corrected chi connectivity index (χ2v) is 9.66.